The lowest BCUT2D eigenvalue weighted by Gasteiger charge is -2.10. The summed E-state index contributed by atoms with van der Waals surface area (Å²) in [5.74, 6) is 1.40. The third kappa shape index (κ3) is 2.28. The summed E-state index contributed by atoms with van der Waals surface area (Å²) in [4.78, 5) is 18.1. The van der Waals surface area contributed by atoms with Gasteiger partial charge in [-0.2, -0.15) is 0 Å². The number of rotatable bonds is 1. The van der Waals surface area contributed by atoms with Gasteiger partial charge in [0.25, 0.3) is 0 Å². The van der Waals surface area contributed by atoms with Gasteiger partial charge in [0, 0.05) is 46.5 Å². The van der Waals surface area contributed by atoms with Crippen LogP contribution in [-0.4, -0.2) is 19.9 Å². The number of nitrogens with two attached hydrogens (primary N) is 1. The molecule has 0 amide bonds. The maximum Gasteiger partial charge on any atom is 0.159 e. The molecule has 1 aliphatic rings. The van der Waals surface area contributed by atoms with Crippen molar-refractivity contribution in [1.29, 1.82) is 0 Å². The van der Waals surface area contributed by atoms with Crippen molar-refractivity contribution >= 4 is 17.2 Å². The highest BCUT2D eigenvalue weighted by molar-refractivity contribution is 5.95. The highest BCUT2D eigenvalue weighted by atomic mass is 15.0. The smallest absolute Gasteiger partial charge is 0.159 e. The van der Waals surface area contributed by atoms with Crippen LogP contribution in [0.4, 0.5) is 17.2 Å². The molecule has 0 saturated carbocycles. The highest BCUT2D eigenvalue weighted by Crippen LogP contribution is 2.42. The number of hydrogen-bond donors (Lipinski definition) is 2. The van der Waals surface area contributed by atoms with E-state index >= 15 is 0 Å². The summed E-state index contributed by atoms with van der Waals surface area (Å²) in [5.41, 5.74) is 12.0. The first-order valence-corrected chi connectivity index (χ1v) is 8.19. The van der Waals surface area contributed by atoms with Crippen LogP contribution in [0.25, 0.3) is 33.8 Å². The summed E-state index contributed by atoms with van der Waals surface area (Å²) in [7, 11) is 0. The van der Waals surface area contributed by atoms with Crippen molar-refractivity contribution < 1.29 is 0 Å². The Bertz CT molecular complexity index is 1120. The molecule has 0 saturated heterocycles. The van der Waals surface area contributed by atoms with E-state index in [4.69, 9.17) is 10.7 Å². The minimum Gasteiger partial charge on any atom is -0.399 e. The van der Waals surface area contributed by atoms with Crippen LogP contribution in [0.1, 0.15) is 0 Å². The summed E-state index contributed by atoms with van der Waals surface area (Å²) < 4.78 is 0. The van der Waals surface area contributed by atoms with Gasteiger partial charge in [0.15, 0.2) is 5.82 Å². The third-order valence-electron chi connectivity index (χ3n) is 4.38. The Morgan fingerprint density at radius 1 is 0.808 bits per heavy atom. The number of anilines is 3. The number of fused-ring (bicyclic) bond motifs is 5. The van der Waals surface area contributed by atoms with E-state index in [9.17, 15) is 0 Å². The summed E-state index contributed by atoms with van der Waals surface area (Å²) in [6.45, 7) is 0. The van der Waals surface area contributed by atoms with E-state index in [1.807, 2.05) is 48.7 Å². The average molecular weight is 338 g/mol. The van der Waals surface area contributed by atoms with Gasteiger partial charge in [-0.05, 0) is 42.5 Å². The van der Waals surface area contributed by atoms with Crippen LogP contribution in [0, 0.1) is 0 Å². The van der Waals surface area contributed by atoms with Crippen LogP contribution in [0.3, 0.4) is 0 Å². The quantitative estimate of drug-likeness (QED) is 0.450. The Labute approximate surface area is 149 Å². The first-order valence-electron chi connectivity index (χ1n) is 8.19. The highest BCUT2D eigenvalue weighted by Gasteiger charge is 2.22. The summed E-state index contributed by atoms with van der Waals surface area (Å²) >= 11 is 0. The monoisotopic (exact) mass is 338 g/mol. The van der Waals surface area contributed by atoms with Crippen molar-refractivity contribution in [3.63, 3.8) is 0 Å². The molecule has 1 aromatic carbocycles. The van der Waals surface area contributed by atoms with Gasteiger partial charge in [0.1, 0.15) is 5.82 Å². The number of nitrogen functional groups attached to an aromatic ring is 1. The molecule has 3 aromatic heterocycles. The second-order valence-corrected chi connectivity index (χ2v) is 6.02. The lowest BCUT2D eigenvalue weighted by molar-refractivity contribution is 1.18. The van der Waals surface area contributed by atoms with Gasteiger partial charge in [0.05, 0.1) is 17.6 Å². The Hall–Kier alpha value is -3.80. The molecule has 0 fully saturated rings. The van der Waals surface area contributed by atoms with E-state index < -0.39 is 0 Å². The molecule has 4 heterocycles. The molecule has 0 unspecified atom stereocenters. The number of hydrogen-bond acceptors (Lipinski definition) is 6. The molecule has 0 bridgehead atoms. The molecular weight excluding hydrogens is 324 g/mol. The molecule has 26 heavy (non-hydrogen) atoms. The first-order chi connectivity index (χ1) is 12.8. The normalized spacial score (nSPS) is 11.5. The van der Waals surface area contributed by atoms with E-state index in [-0.39, 0.29) is 0 Å². The van der Waals surface area contributed by atoms with Crippen LogP contribution < -0.4 is 11.1 Å². The van der Waals surface area contributed by atoms with Crippen LogP contribution in [0.5, 0.6) is 0 Å². The van der Waals surface area contributed by atoms with Gasteiger partial charge in [-0.15, -0.1) is 0 Å². The zero-order valence-corrected chi connectivity index (χ0v) is 13.7. The van der Waals surface area contributed by atoms with E-state index in [1.165, 1.54) is 0 Å². The first kappa shape index (κ1) is 14.5. The molecule has 0 aliphatic carbocycles. The molecular formula is C20H14N6. The Morgan fingerprint density at radius 2 is 1.69 bits per heavy atom. The third-order valence-corrected chi connectivity index (χ3v) is 4.38. The minimum atomic E-state index is 0.649. The summed E-state index contributed by atoms with van der Waals surface area (Å²) in [6, 6.07) is 13.4. The van der Waals surface area contributed by atoms with Crippen LogP contribution in [0.2, 0.25) is 0 Å². The van der Waals surface area contributed by atoms with Gasteiger partial charge < -0.3 is 11.1 Å². The van der Waals surface area contributed by atoms with E-state index in [0.717, 1.165) is 39.5 Å². The molecule has 0 atom stereocenters. The maximum atomic E-state index is 5.79. The Kier molecular flexibility index (Phi) is 3.15. The van der Waals surface area contributed by atoms with Crippen molar-refractivity contribution in [2.75, 3.05) is 11.1 Å². The number of benzene rings is 1. The second kappa shape index (κ2) is 5.63. The second-order valence-electron chi connectivity index (χ2n) is 6.02. The topological polar surface area (TPSA) is 89.6 Å². The van der Waals surface area contributed by atoms with Crippen LogP contribution >= 0.6 is 0 Å². The molecule has 3 N–H and O–H groups in total. The zero-order chi connectivity index (χ0) is 17.5. The lowest BCUT2D eigenvalue weighted by atomic mass is 10.0. The fourth-order valence-electron chi connectivity index (χ4n) is 3.11. The van der Waals surface area contributed by atoms with E-state index in [1.54, 1.807) is 18.6 Å². The molecule has 0 spiro atoms. The number of nitrogens with one attached hydrogen (secondary N) is 1. The largest absolute Gasteiger partial charge is 0.399 e. The van der Waals surface area contributed by atoms with Crippen molar-refractivity contribution in [3.8, 4) is 33.8 Å². The fraction of sp³-hybridized carbons (Fsp3) is 0. The van der Waals surface area contributed by atoms with Gasteiger partial charge in [-0.1, -0.05) is 0 Å². The minimum absolute atomic E-state index is 0.649. The van der Waals surface area contributed by atoms with Gasteiger partial charge >= 0.3 is 0 Å². The maximum absolute atomic E-state index is 5.79. The molecule has 124 valence electrons. The predicted molar refractivity (Wildman–Crippen MR) is 102 cm³/mol. The Balaban J connectivity index is 1.78. The molecule has 1 aliphatic heterocycles. The summed E-state index contributed by atoms with van der Waals surface area (Å²) in [5, 5.41) is 3.36. The predicted octanol–water partition coefficient (Wildman–Crippen LogP) is 3.91. The van der Waals surface area contributed by atoms with Gasteiger partial charge in [-0.25, -0.2) is 15.0 Å². The molecule has 0 radical (unpaired) electrons. The molecule has 4 aromatic rings. The molecule has 6 nitrogen and oxygen atoms in total. The van der Waals surface area contributed by atoms with Crippen molar-refractivity contribution in [2.24, 2.45) is 0 Å². The van der Waals surface area contributed by atoms with Crippen molar-refractivity contribution in [2.45, 2.75) is 0 Å². The van der Waals surface area contributed by atoms with Crippen molar-refractivity contribution in [3.05, 3.63) is 67.3 Å². The molecule has 5 rings (SSSR count). The SMILES string of the molecule is Nc1ccc(-c2ncc3c(n2)-c2cccnc2Nc2cnccc2-3)cc1. The molecule has 6 heteroatoms. The number of pyridine rings is 2. The van der Waals surface area contributed by atoms with Crippen LogP contribution in [-0.2, 0) is 0 Å². The number of nitrogens with zero attached hydrogens (tertiary/aromatic N) is 4. The van der Waals surface area contributed by atoms with E-state index in [0.29, 0.717) is 11.5 Å². The standard InChI is InChI=1S/C20H14N6/c21-13-5-3-12(4-6-13)19-24-10-16-14-7-9-22-11-17(14)25-20-15(18(16)26-19)2-1-8-23-20/h1-11H,21H2,(H,23,25). The fourth-order valence-corrected chi connectivity index (χ4v) is 3.11. The van der Waals surface area contributed by atoms with E-state index in [2.05, 4.69) is 20.3 Å². The van der Waals surface area contributed by atoms with Gasteiger partial charge in [-0.3, -0.25) is 4.98 Å². The lowest BCUT2D eigenvalue weighted by Crippen LogP contribution is -1.96. The van der Waals surface area contributed by atoms with Gasteiger partial charge in [0.2, 0.25) is 0 Å². The average Bonchev–Trinajstić information content (AvgIpc) is 2.83. The van der Waals surface area contributed by atoms with Crippen molar-refractivity contribution in [1.82, 2.24) is 19.9 Å². The van der Waals surface area contributed by atoms with Crippen LogP contribution in [0.15, 0.2) is 67.3 Å². The summed E-state index contributed by atoms with van der Waals surface area (Å²) in [6.07, 6.45) is 7.17. The zero-order valence-electron chi connectivity index (χ0n) is 13.7. The Morgan fingerprint density at radius 3 is 2.58 bits per heavy atom. The number of aromatic nitrogens is 4.